The van der Waals surface area contributed by atoms with Crippen molar-refractivity contribution >= 4 is 16.5 Å². The number of aliphatic hydroxyl groups is 1. The van der Waals surface area contributed by atoms with Crippen LogP contribution in [0, 0.1) is 0 Å². The molecule has 0 saturated carbocycles. The van der Waals surface area contributed by atoms with Gasteiger partial charge in [0.15, 0.2) is 0 Å². The average molecular weight is 123 g/mol. The van der Waals surface area contributed by atoms with Crippen LogP contribution in [0.2, 0.25) is 0 Å². The molecule has 4 heavy (non-hydrogen) atoms. The van der Waals surface area contributed by atoms with Crippen molar-refractivity contribution in [3.8, 4) is 0 Å². The molecule has 0 atom stereocenters. The number of aliphatic hydroxyl groups excluding tert-OH is 1. The van der Waals surface area contributed by atoms with E-state index in [4.69, 9.17) is 8.88 Å². The quantitative estimate of drug-likeness (QED) is 0.401. The fourth-order valence-corrected chi connectivity index (χ4v) is 0. The molecule has 0 rings (SSSR count). The maximum atomic E-state index is 8.38. The first-order valence-electron chi connectivity index (χ1n) is 0.736. The van der Waals surface area contributed by atoms with E-state index in [2.05, 4.69) is 0 Å². The van der Waals surface area contributed by atoms with E-state index in [-0.39, 0.29) is 16.5 Å². The molecular weight excluding hydrogens is 117 g/mol. The molecular formula is CH6GeO2. The van der Waals surface area contributed by atoms with E-state index in [0.29, 0.717) is 0 Å². The van der Waals surface area contributed by atoms with Gasteiger partial charge in [0, 0.05) is 7.11 Å². The summed E-state index contributed by atoms with van der Waals surface area (Å²) in [6.45, 7) is 0. The fourth-order valence-electron chi connectivity index (χ4n) is 0. The molecule has 0 aromatic heterocycles. The number of hydrogen-bond acceptors (Lipinski definition) is 2. The third-order valence-electron chi connectivity index (χ3n) is 0. The molecule has 0 unspecified atom stereocenters. The Kier molecular flexibility index (Phi) is 423. The van der Waals surface area contributed by atoms with E-state index in [1.54, 1.807) is 0 Å². The van der Waals surface area contributed by atoms with Crippen molar-refractivity contribution < 1.29 is 8.88 Å². The maximum absolute atomic E-state index is 8.38. The molecule has 3 heteroatoms. The first-order chi connectivity index (χ1) is 2.00. The Morgan fingerprint density at radius 3 is 1.50 bits per heavy atom. The Bertz CT molecular complexity index is 6.00. The van der Waals surface area contributed by atoms with Gasteiger partial charge in [0.05, 0.1) is 0 Å². The van der Waals surface area contributed by atoms with Crippen LogP contribution in [0.5, 0.6) is 0 Å². The van der Waals surface area contributed by atoms with Gasteiger partial charge in [-0.2, -0.15) is 0 Å². The second-order valence-electron chi connectivity index (χ2n) is 0. The van der Waals surface area contributed by atoms with Crippen LogP contribution in [-0.4, -0.2) is 28.7 Å². The summed E-state index contributed by atoms with van der Waals surface area (Å²) in [5.74, 6) is 0. The first kappa shape index (κ1) is 8.85. The fraction of sp³-hybridized carbons (Fsp3) is 1.00. The van der Waals surface area contributed by atoms with Crippen LogP contribution in [0.15, 0.2) is 0 Å². The molecule has 0 radical (unpaired) electrons. The van der Waals surface area contributed by atoms with Gasteiger partial charge in [-0.1, -0.05) is 0 Å². The van der Waals surface area contributed by atoms with Crippen molar-refractivity contribution in [1.29, 1.82) is 0 Å². The molecule has 0 aromatic rings. The third kappa shape index (κ3) is 42.6. The van der Waals surface area contributed by atoms with E-state index in [9.17, 15) is 0 Å². The van der Waals surface area contributed by atoms with Gasteiger partial charge >= 0.3 is 20.2 Å². The Hall–Kier alpha value is 0.303. The van der Waals surface area contributed by atoms with Crippen LogP contribution in [0.4, 0.5) is 0 Å². The summed E-state index contributed by atoms with van der Waals surface area (Å²) in [5, 5.41) is 7.00. The molecule has 0 fully saturated rings. The zero-order valence-corrected chi connectivity index (χ0v) is 5.53. The standard InChI is InChI=1S/CH4O.GeH2O/c2*1-2/h2H,1H3;1H2. The van der Waals surface area contributed by atoms with Crippen molar-refractivity contribution in [3.05, 3.63) is 0 Å². The number of hydrogen-bond donors (Lipinski definition) is 1. The SMILES string of the molecule is CO.[O]=[GeH2]. The molecule has 0 spiro atoms. The molecule has 0 aliphatic rings. The van der Waals surface area contributed by atoms with Gasteiger partial charge < -0.3 is 5.11 Å². The van der Waals surface area contributed by atoms with Crippen molar-refractivity contribution in [3.63, 3.8) is 0 Å². The van der Waals surface area contributed by atoms with E-state index >= 15 is 0 Å². The summed E-state index contributed by atoms with van der Waals surface area (Å²) in [5.41, 5.74) is 0. The normalized spacial score (nSPS) is 2.50. The van der Waals surface area contributed by atoms with Gasteiger partial charge in [0.1, 0.15) is 0 Å². The molecule has 1 N–H and O–H groups in total. The Labute approximate surface area is 33.3 Å². The summed E-state index contributed by atoms with van der Waals surface area (Å²) in [7, 11) is 1.00. The summed E-state index contributed by atoms with van der Waals surface area (Å²) < 4.78 is 8.38. The molecule has 0 aromatic carbocycles. The van der Waals surface area contributed by atoms with E-state index in [0.717, 1.165) is 7.11 Å². The predicted octanol–water partition coefficient (Wildman–Crippen LogP) is -1.43. The minimum atomic E-state index is 0.125. The second kappa shape index (κ2) is 191. The van der Waals surface area contributed by atoms with Gasteiger partial charge in [-0.25, -0.2) is 0 Å². The summed E-state index contributed by atoms with van der Waals surface area (Å²) >= 11 is 0.125. The van der Waals surface area contributed by atoms with Crippen LogP contribution >= 0.6 is 0 Å². The zero-order valence-electron chi connectivity index (χ0n) is 2.56. The van der Waals surface area contributed by atoms with Crippen molar-refractivity contribution in [2.75, 3.05) is 7.11 Å². The summed E-state index contributed by atoms with van der Waals surface area (Å²) in [6, 6.07) is 0. The molecule has 26 valence electrons. The molecule has 0 amide bonds. The Morgan fingerprint density at radius 1 is 1.50 bits per heavy atom. The van der Waals surface area contributed by atoms with Crippen LogP contribution in [0.1, 0.15) is 0 Å². The molecule has 0 saturated heterocycles. The monoisotopic (exact) mass is 124 g/mol. The number of rotatable bonds is 0. The van der Waals surface area contributed by atoms with Crippen molar-refractivity contribution in [2.45, 2.75) is 0 Å². The third-order valence-corrected chi connectivity index (χ3v) is 0. The van der Waals surface area contributed by atoms with Gasteiger partial charge in [0.25, 0.3) is 0 Å². The van der Waals surface area contributed by atoms with Crippen molar-refractivity contribution in [2.24, 2.45) is 0 Å². The van der Waals surface area contributed by atoms with E-state index < -0.39 is 0 Å². The van der Waals surface area contributed by atoms with Crippen LogP contribution < -0.4 is 0 Å². The molecule has 0 aliphatic carbocycles. The second-order valence-corrected chi connectivity index (χ2v) is 0. The average Bonchev–Trinajstić information content (AvgIpc) is 1.50. The zero-order chi connectivity index (χ0) is 4.00. The van der Waals surface area contributed by atoms with E-state index in [1.807, 2.05) is 0 Å². The van der Waals surface area contributed by atoms with Crippen LogP contribution in [0.25, 0.3) is 0 Å². The topological polar surface area (TPSA) is 37.3 Å². The van der Waals surface area contributed by atoms with Crippen molar-refractivity contribution in [1.82, 2.24) is 0 Å². The van der Waals surface area contributed by atoms with Gasteiger partial charge in [0.2, 0.25) is 0 Å². The molecule has 2 nitrogen and oxygen atoms in total. The summed E-state index contributed by atoms with van der Waals surface area (Å²) in [4.78, 5) is 0. The first-order valence-corrected chi connectivity index (χ1v) is 1.95. The van der Waals surface area contributed by atoms with Gasteiger partial charge in [-0.05, 0) is 0 Å². The van der Waals surface area contributed by atoms with Crippen LogP contribution in [0.3, 0.4) is 0 Å². The molecule has 0 bridgehead atoms. The molecule has 0 heterocycles. The summed E-state index contributed by atoms with van der Waals surface area (Å²) in [6.07, 6.45) is 0. The Morgan fingerprint density at radius 2 is 1.50 bits per heavy atom. The van der Waals surface area contributed by atoms with Gasteiger partial charge in [-0.3, -0.25) is 0 Å². The van der Waals surface area contributed by atoms with Gasteiger partial charge in [-0.15, -0.1) is 0 Å². The van der Waals surface area contributed by atoms with E-state index in [1.165, 1.54) is 0 Å². The Balaban J connectivity index is 0. The predicted molar refractivity (Wildman–Crippen MR) is 17.4 cm³/mol. The van der Waals surface area contributed by atoms with Crippen LogP contribution in [-0.2, 0) is 3.78 Å². The minimum absolute atomic E-state index is 0.125. The molecule has 0 aliphatic heterocycles.